The van der Waals surface area contributed by atoms with Gasteiger partial charge in [0, 0.05) is 6.54 Å². The van der Waals surface area contributed by atoms with Crippen LogP contribution in [0.4, 0.5) is 5.82 Å². The van der Waals surface area contributed by atoms with Crippen LogP contribution < -0.4 is 11.1 Å². The zero-order chi connectivity index (χ0) is 8.81. The smallest absolute Gasteiger partial charge is 0.149 e. The van der Waals surface area contributed by atoms with Crippen LogP contribution in [0, 0.1) is 0 Å². The Bertz CT molecular complexity index is 241. The number of rotatable bonds is 4. The third-order valence-corrected chi connectivity index (χ3v) is 1.47. The van der Waals surface area contributed by atoms with Crippen molar-refractivity contribution in [2.24, 2.45) is 5.73 Å². The van der Waals surface area contributed by atoms with Crippen molar-refractivity contribution in [1.29, 1.82) is 0 Å². The van der Waals surface area contributed by atoms with E-state index in [9.17, 15) is 0 Å². The van der Waals surface area contributed by atoms with Crippen molar-refractivity contribution in [3.63, 3.8) is 0 Å². The Balaban J connectivity index is 2.41. The number of nitrogens with two attached hydrogens (primary N) is 1. The number of hydrogen-bond acceptors (Lipinski definition) is 4. The van der Waals surface area contributed by atoms with E-state index >= 15 is 0 Å². The Morgan fingerprint density at radius 2 is 2.33 bits per heavy atom. The molecule has 0 unspecified atom stereocenters. The summed E-state index contributed by atoms with van der Waals surface area (Å²) >= 11 is 5.62. The molecule has 0 bridgehead atoms. The minimum atomic E-state index is 0.396. The summed E-state index contributed by atoms with van der Waals surface area (Å²) in [6.45, 7) is 1.46. The topological polar surface area (TPSA) is 63.8 Å². The van der Waals surface area contributed by atoms with Gasteiger partial charge in [-0.25, -0.2) is 4.98 Å². The molecule has 1 rings (SSSR count). The molecule has 12 heavy (non-hydrogen) atoms. The number of nitrogens with zero attached hydrogens (tertiary/aromatic N) is 2. The van der Waals surface area contributed by atoms with Crippen LogP contribution in [-0.4, -0.2) is 23.1 Å². The monoisotopic (exact) mass is 186 g/mol. The SMILES string of the molecule is NCCCNc1cncc(Cl)n1. The molecular formula is C7H11ClN4. The van der Waals surface area contributed by atoms with E-state index in [1.54, 1.807) is 6.20 Å². The zero-order valence-electron chi connectivity index (χ0n) is 6.63. The van der Waals surface area contributed by atoms with E-state index in [1.807, 2.05) is 0 Å². The molecule has 1 aromatic heterocycles. The molecule has 0 amide bonds. The van der Waals surface area contributed by atoms with Crippen molar-refractivity contribution in [2.75, 3.05) is 18.4 Å². The molecule has 1 heterocycles. The Morgan fingerprint density at radius 1 is 1.50 bits per heavy atom. The van der Waals surface area contributed by atoms with Crippen molar-refractivity contribution in [1.82, 2.24) is 9.97 Å². The molecule has 1 aromatic rings. The molecule has 4 nitrogen and oxygen atoms in total. The molecular weight excluding hydrogens is 176 g/mol. The number of hydrogen-bond donors (Lipinski definition) is 2. The van der Waals surface area contributed by atoms with E-state index in [-0.39, 0.29) is 0 Å². The Kier molecular flexibility index (Phi) is 3.76. The average molecular weight is 187 g/mol. The van der Waals surface area contributed by atoms with E-state index < -0.39 is 0 Å². The van der Waals surface area contributed by atoms with Gasteiger partial charge in [-0.05, 0) is 13.0 Å². The number of aromatic nitrogens is 2. The Labute approximate surface area is 76.2 Å². The second-order valence-electron chi connectivity index (χ2n) is 2.30. The van der Waals surface area contributed by atoms with Gasteiger partial charge in [-0.3, -0.25) is 4.98 Å². The number of halogens is 1. The fourth-order valence-corrected chi connectivity index (χ4v) is 0.893. The normalized spacial score (nSPS) is 9.83. The van der Waals surface area contributed by atoms with Gasteiger partial charge >= 0.3 is 0 Å². The fraction of sp³-hybridized carbons (Fsp3) is 0.429. The van der Waals surface area contributed by atoms with Gasteiger partial charge in [0.05, 0.1) is 12.4 Å². The van der Waals surface area contributed by atoms with Crippen molar-refractivity contribution in [2.45, 2.75) is 6.42 Å². The van der Waals surface area contributed by atoms with Crippen LogP contribution >= 0.6 is 11.6 Å². The second kappa shape index (κ2) is 4.90. The van der Waals surface area contributed by atoms with Crippen LogP contribution in [0.15, 0.2) is 12.4 Å². The van der Waals surface area contributed by atoms with Crippen LogP contribution in [0.25, 0.3) is 0 Å². The van der Waals surface area contributed by atoms with Crippen LogP contribution in [-0.2, 0) is 0 Å². The van der Waals surface area contributed by atoms with E-state index in [2.05, 4.69) is 15.3 Å². The van der Waals surface area contributed by atoms with E-state index in [0.717, 1.165) is 13.0 Å². The van der Waals surface area contributed by atoms with Gasteiger partial charge in [-0.15, -0.1) is 0 Å². The molecule has 0 aliphatic heterocycles. The van der Waals surface area contributed by atoms with E-state index in [4.69, 9.17) is 17.3 Å². The summed E-state index contributed by atoms with van der Waals surface area (Å²) in [6, 6.07) is 0. The molecule has 5 heteroatoms. The maximum Gasteiger partial charge on any atom is 0.149 e. The lowest BCUT2D eigenvalue weighted by molar-refractivity contribution is 0.869. The maximum absolute atomic E-state index is 5.62. The first-order chi connectivity index (χ1) is 5.83. The molecule has 0 radical (unpaired) electrons. The summed E-state index contributed by atoms with van der Waals surface area (Å²) in [5.41, 5.74) is 5.32. The van der Waals surface area contributed by atoms with Gasteiger partial charge in [0.25, 0.3) is 0 Å². The van der Waals surface area contributed by atoms with E-state index in [1.165, 1.54) is 6.20 Å². The first-order valence-corrected chi connectivity index (χ1v) is 4.12. The van der Waals surface area contributed by atoms with Gasteiger partial charge < -0.3 is 11.1 Å². The molecule has 66 valence electrons. The Morgan fingerprint density at radius 3 is 3.00 bits per heavy atom. The highest BCUT2D eigenvalue weighted by Crippen LogP contribution is 2.05. The largest absolute Gasteiger partial charge is 0.369 e. The van der Waals surface area contributed by atoms with Crippen molar-refractivity contribution in [3.8, 4) is 0 Å². The van der Waals surface area contributed by atoms with Crippen LogP contribution in [0.2, 0.25) is 5.15 Å². The minimum Gasteiger partial charge on any atom is -0.369 e. The minimum absolute atomic E-state index is 0.396. The lowest BCUT2D eigenvalue weighted by atomic mass is 10.4. The van der Waals surface area contributed by atoms with Crippen LogP contribution in [0.5, 0.6) is 0 Å². The number of nitrogens with one attached hydrogen (secondary N) is 1. The van der Waals surface area contributed by atoms with E-state index in [0.29, 0.717) is 17.5 Å². The molecule has 3 N–H and O–H groups in total. The highest BCUT2D eigenvalue weighted by Gasteiger charge is 1.93. The van der Waals surface area contributed by atoms with Gasteiger partial charge in [0.2, 0.25) is 0 Å². The third-order valence-electron chi connectivity index (χ3n) is 1.29. The van der Waals surface area contributed by atoms with Gasteiger partial charge in [0.1, 0.15) is 11.0 Å². The van der Waals surface area contributed by atoms with Crippen LogP contribution in [0.1, 0.15) is 6.42 Å². The summed E-state index contributed by atoms with van der Waals surface area (Å²) < 4.78 is 0. The molecule has 0 saturated heterocycles. The predicted octanol–water partition coefficient (Wildman–Crippen LogP) is 0.891. The van der Waals surface area contributed by atoms with Gasteiger partial charge in [0.15, 0.2) is 0 Å². The van der Waals surface area contributed by atoms with Crippen molar-refractivity contribution < 1.29 is 0 Å². The third kappa shape index (κ3) is 3.02. The molecule has 0 aliphatic carbocycles. The highest BCUT2D eigenvalue weighted by molar-refractivity contribution is 6.29. The lowest BCUT2D eigenvalue weighted by Crippen LogP contribution is -2.09. The maximum atomic E-state index is 5.62. The summed E-state index contributed by atoms with van der Waals surface area (Å²) in [5, 5.41) is 3.44. The Hall–Kier alpha value is -0.870. The predicted molar refractivity (Wildman–Crippen MR) is 49.2 cm³/mol. The lowest BCUT2D eigenvalue weighted by Gasteiger charge is -2.02. The average Bonchev–Trinajstić information content (AvgIpc) is 2.05. The first kappa shape index (κ1) is 9.22. The second-order valence-corrected chi connectivity index (χ2v) is 2.68. The number of anilines is 1. The summed E-state index contributed by atoms with van der Waals surface area (Å²) in [6.07, 6.45) is 4.03. The van der Waals surface area contributed by atoms with Crippen molar-refractivity contribution >= 4 is 17.4 Å². The highest BCUT2D eigenvalue weighted by atomic mass is 35.5. The quantitative estimate of drug-likeness (QED) is 0.686. The van der Waals surface area contributed by atoms with Crippen LogP contribution in [0.3, 0.4) is 0 Å². The summed E-state index contributed by atoms with van der Waals surface area (Å²) in [4.78, 5) is 7.87. The van der Waals surface area contributed by atoms with Gasteiger partial charge in [-0.1, -0.05) is 11.6 Å². The standard InChI is InChI=1S/C7H11ClN4/c8-6-4-10-5-7(12-6)11-3-1-2-9/h4-5H,1-3,9H2,(H,11,12). The van der Waals surface area contributed by atoms with Gasteiger partial charge in [-0.2, -0.15) is 0 Å². The molecule has 0 fully saturated rings. The summed E-state index contributed by atoms with van der Waals surface area (Å²) in [5.74, 6) is 0.691. The molecule has 0 atom stereocenters. The first-order valence-electron chi connectivity index (χ1n) is 3.74. The zero-order valence-corrected chi connectivity index (χ0v) is 7.38. The fourth-order valence-electron chi connectivity index (χ4n) is 0.746. The van der Waals surface area contributed by atoms with Crippen molar-refractivity contribution in [3.05, 3.63) is 17.5 Å². The summed E-state index contributed by atoms with van der Waals surface area (Å²) in [7, 11) is 0. The molecule has 0 spiro atoms. The molecule has 0 aromatic carbocycles. The molecule has 0 aliphatic rings. The molecule has 0 saturated carbocycles.